The summed E-state index contributed by atoms with van der Waals surface area (Å²) in [6.45, 7) is 0.0765. The number of nitrogens with zero attached hydrogens (tertiary/aromatic N) is 2. The van der Waals surface area contributed by atoms with Crippen LogP contribution in [0.15, 0.2) is 15.3 Å². The number of halogens is 4. The average Bonchev–Trinajstić information content (AvgIpc) is 2.26. The fourth-order valence-electron chi connectivity index (χ4n) is 1.38. The zero-order valence-corrected chi connectivity index (χ0v) is 11.1. The van der Waals surface area contributed by atoms with E-state index in [1.807, 2.05) is 0 Å². The molecule has 2 rings (SSSR count). The number of aromatic nitrogens is 3. The number of rotatable bonds is 2. The fraction of sp³-hybridized carbons (Fsp3) is 0.300. The molecular formula is C10H7BrF3N3O2. The SMILES string of the molecule is Cc1nc2nc(OCC(F)(F)F)c(Br)cc2c(=O)[nH]1. The van der Waals surface area contributed by atoms with Gasteiger partial charge in [-0.1, -0.05) is 0 Å². The molecular weight excluding hydrogens is 331 g/mol. The van der Waals surface area contributed by atoms with Crippen LogP contribution in [0.3, 0.4) is 0 Å². The van der Waals surface area contributed by atoms with Crippen LogP contribution in [0, 0.1) is 6.92 Å². The summed E-state index contributed by atoms with van der Waals surface area (Å²) in [4.78, 5) is 21.8. The third-order valence-corrected chi connectivity index (χ3v) is 2.68. The molecule has 0 unspecified atom stereocenters. The number of alkyl halides is 3. The fourth-order valence-corrected chi connectivity index (χ4v) is 1.82. The van der Waals surface area contributed by atoms with Gasteiger partial charge in [-0.05, 0) is 28.9 Å². The molecule has 102 valence electrons. The topological polar surface area (TPSA) is 67.9 Å². The van der Waals surface area contributed by atoms with E-state index >= 15 is 0 Å². The molecule has 0 aliphatic carbocycles. The highest BCUT2D eigenvalue weighted by atomic mass is 79.9. The second-order valence-electron chi connectivity index (χ2n) is 3.70. The molecule has 2 heterocycles. The van der Waals surface area contributed by atoms with Crippen molar-refractivity contribution in [2.45, 2.75) is 13.1 Å². The molecule has 0 bridgehead atoms. The van der Waals surface area contributed by atoms with Crippen LogP contribution in [-0.4, -0.2) is 27.7 Å². The van der Waals surface area contributed by atoms with E-state index in [0.717, 1.165) is 0 Å². The predicted molar refractivity (Wildman–Crippen MR) is 64.1 cm³/mol. The molecule has 0 aliphatic rings. The van der Waals surface area contributed by atoms with Crippen molar-refractivity contribution in [1.82, 2.24) is 15.0 Å². The summed E-state index contributed by atoms with van der Waals surface area (Å²) >= 11 is 3.00. The van der Waals surface area contributed by atoms with Gasteiger partial charge in [0.2, 0.25) is 5.88 Å². The molecule has 0 atom stereocenters. The van der Waals surface area contributed by atoms with Crippen molar-refractivity contribution in [2.75, 3.05) is 6.61 Å². The Bertz CT molecular complexity index is 684. The van der Waals surface area contributed by atoms with Gasteiger partial charge in [-0.2, -0.15) is 18.2 Å². The van der Waals surface area contributed by atoms with Crippen molar-refractivity contribution in [3.05, 3.63) is 26.7 Å². The molecule has 0 aromatic carbocycles. The normalized spacial score (nSPS) is 11.8. The molecule has 0 radical (unpaired) electrons. The molecule has 0 spiro atoms. The van der Waals surface area contributed by atoms with E-state index in [1.54, 1.807) is 6.92 Å². The molecule has 1 N–H and O–H groups in total. The Morgan fingerprint density at radius 2 is 2.11 bits per heavy atom. The van der Waals surface area contributed by atoms with Crippen LogP contribution in [0.2, 0.25) is 0 Å². The molecule has 19 heavy (non-hydrogen) atoms. The van der Waals surface area contributed by atoms with Gasteiger partial charge in [-0.3, -0.25) is 4.79 Å². The zero-order chi connectivity index (χ0) is 14.2. The zero-order valence-electron chi connectivity index (χ0n) is 9.51. The van der Waals surface area contributed by atoms with Crippen molar-refractivity contribution in [2.24, 2.45) is 0 Å². The second kappa shape index (κ2) is 4.80. The van der Waals surface area contributed by atoms with Gasteiger partial charge in [0.15, 0.2) is 12.3 Å². The molecule has 2 aromatic rings. The second-order valence-corrected chi connectivity index (χ2v) is 4.56. The summed E-state index contributed by atoms with van der Waals surface area (Å²) in [7, 11) is 0. The van der Waals surface area contributed by atoms with Gasteiger partial charge in [0.1, 0.15) is 5.82 Å². The van der Waals surface area contributed by atoms with Crippen molar-refractivity contribution in [3.63, 3.8) is 0 Å². The molecule has 0 fully saturated rings. The van der Waals surface area contributed by atoms with Gasteiger partial charge < -0.3 is 9.72 Å². The summed E-state index contributed by atoms with van der Waals surface area (Å²) in [6, 6.07) is 1.32. The van der Waals surface area contributed by atoms with E-state index in [9.17, 15) is 18.0 Å². The number of fused-ring (bicyclic) bond motifs is 1. The Morgan fingerprint density at radius 3 is 2.74 bits per heavy atom. The lowest BCUT2D eigenvalue weighted by atomic mass is 10.3. The Hall–Kier alpha value is -1.64. The number of nitrogens with one attached hydrogen (secondary N) is 1. The predicted octanol–water partition coefficient (Wildman–Crippen LogP) is 2.33. The number of pyridine rings is 1. The maximum absolute atomic E-state index is 12.1. The summed E-state index contributed by atoms with van der Waals surface area (Å²) in [5.74, 6) is 0.0522. The maximum atomic E-state index is 12.1. The van der Waals surface area contributed by atoms with E-state index in [-0.39, 0.29) is 21.4 Å². The standard InChI is InChI=1S/C10H7BrF3N3O2/c1-4-15-7-5(8(18)16-4)2-6(11)9(17-7)19-3-10(12,13)14/h2H,3H2,1H3,(H,15,16,17,18). The Labute approximate surface area is 113 Å². The third-order valence-electron chi connectivity index (χ3n) is 2.11. The molecule has 0 saturated heterocycles. The van der Waals surface area contributed by atoms with Crippen LogP contribution in [0.4, 0.5) is 13.2 Å². The first kappa shape index (κ1) is 13.8. The highest BCUT2D eigenvalue weighted by molar-refractivity contribution is 9.10. The monoisotopic (exact) mass is 337 g/mol. The summed E-state index contributed by atoms with van der Waals surface area (Å²) in [6.07, 6.45) is -4.46. The number of H-pyrrole nitrogens is 1. The minimum atomic E-state index is -4.46. The molecule has 0 amide bonds. The lowest BCUT2D eigenvalue weighted by molar-refractivity contribution is -0.154. The largest absolute Gasteiger partial charge is 0.467 e. The molecule has 0 saturated carbocycles. The van der Waals surface area contributed by atoms with Crippen molar-refractivity contribution >= 4 is 27.0 Å². The number of ether oxygens (including phenoxy) is 1. The van der Waals surface area contributed by atoms with Crippen molar-refractivity contribution < 1.29 is 17.9 Å². The Kier molecular flexibility index (Phi) is 3.48. The highest BCUT2D eigenvalue weighted by Gasteiger charge is 2.29. The van der Waals surface area contributed by atoms with Crippen LogP contribution in [-0.2, 0) is 0 Å². The number of hydrogen-bond donors (Lipinski definition) is 1. The number of aromatic amines is 1. The molecule has 2 aromatic heterocycles. The highest BCUT2D eigenvalue weighted by Crippen LogP contribution is 2.26. The van der Waals surface area contributed by atoms with Crippen LogP contribution in [0.1, 0.15) is 5.82 Å². The Balaban J connectivity index is 2.46. The third kappa shape index (κ3) is 3.22. The van der Waals surface area contributed by atoms with Crippen LogP contribution in [0.5, 0.6) is 5.88 Å². The number of aryl methyl sites for hydroxylation is 1. The van der Waals surface area contributed by atoms with E-state index in [0.29, 0.717) is 5.82 Å². The molecule has 9 heteroatoms. The van der Waals surface area contributed by atoms with E-state index in [2.05, 4.69) is 35.6 Å². The van der Waals surface area contributed by atoms with E-state index < -0.39 is 18.3 Å². The smallest absolute Gasteiger partial charge is 0.422 e. The molecule has 5 nitrogen and oxygen atoms in total. The van der Waals surface area contributed by atoms with Gasteiger partial charge in [0.05, 0.1) is 9.86 Å². The van der Waals surface area contributed by atoms with Gasteiger partial charge >= 0.3 is 6.18 Å². The van der Waals surface area contributed by atoms with Crippen molar-refractivity contribution in [3.8, 4) is 5.88 Å². The van der Waals surface area contributed by atoms with Gasteiger partial charge in [0.25, 0.3) is 5.56 Å². The summed E-state index contributed by atoms with van der Waals surface area (Å²) in [5, 5.41) is 0.164. The van der Waals surface area contributed by atoms with Crippen molar-refractivity contribution in [1.29, 1.82) is 0 Å². The van der Waals surface area contributed by atoms with Crippen LogP contribution >= 0.6 is 15.9 Å². The first-order chi connectivity index (χ1) is 8.76. The van der Waals surface area contributed by atoms with Crippen LogP contribution < -0.4 is 10.3 Å². The lowest BCUT2D eigenvalue weighted by Crippen LogP contribution is -2.20. The average molecular weight is 338 g/mol. The van der Waals surface area contributed by atoms with Gasteiger partial charge in [-0.25, -0.2) is 4.98 Å². The first-order valence-electron chi connectivity index (χ1n) is 5.03. The van der Waals surface area contributed by atoms with Gasteiger partial charge in [-0.15, -0.1) is 0 Å². The lowest BCUT2D eigenvalue weighted by Gasteiger charge is -2.10. The van der Waals surface area contributed by atoms with Gasteiger partial charge in [0, 0.05) is 0 Å². The first-order valence-corrected chi connectivity index (χ1v) is 5.82. The summed E-state index contributed by atoms with van der Waals surface area (Å²) in [5.41, 5.74) is -0.389. The maximum Gasteiger partial charge on any atom is 0.422 e. The minimum absolute atomic E-state index is 0.0293. The summed E-state index contributed by atoms with van der Waals surface area (Å²) < 4.78 is 40.9. The molecule has 0 aliphatic heterocycles. The van der Waals surface area contributed by atoms with E-state index in [1.165, 1.54) is 6.07 Å². The Morgan fingerprint density at radius 1 is 1.42 bits per heavy atom. The van der Waals surface area contributed by atoms with Crippen LogP contribution in [0.25, 0.3) is 11.0 Å². The minimum Gasteiger partial charge on any atom is -0.467 e. The van der Waals surface area contributed by atoms with E-state index in [4.69, 9.17) is 0 Å². The number of hydrogen-bond acceptors (Lipinski definition) is 4. The quantitative estimate of drug-likeness (QED) is 0.913.